The van der Waals surface area contributed by atoms with Gasteiger partial charge in [0, 0.05) is 28.2 Å². The smallest absolute Gasteiger partial charge is 0.350 e. The molecule has 1 N–H and O–H groups in total. The van der Waals surface area contributed by atoms with Crippen LogP contribution in [0.4, 0.5) is 16.2 Å². The minimum absolute atomic E-state index is 0.365. The van der Waals surface area contributed by atoms with Gasteiger partial charge >= 0.3 is 6.03 Å². The van der Waals surface area contributed by atoms with Gasteiger partial charge in [-0.1, -0.05) is 91.0 Å². The number of carbonyl (C=O) groups is 1. The van der Waals surface area contributed by atoms with Crippen molar-refractivity contribution in [3.8, 4) is 21.6 Å². The van der Waals surface area contributed by atoms with Gasteiger partial charge in [0.05, 0.1) is 11.4 Å². The van der Waals surface area contributed by atoms with Crippen molar-refractivity contribution in [2.75, 3.05) is 17.0 Å². The summed E-state index contributed by atoms with van der Waals surface area (Å²) in [6.07, 6.45) is 8.98. The molecular formula is C44H38N2O3S. The zero-order valence-electron chi connectivity index (χ0n) is 27.9. The molecule has 1 aliphatic heterocycles. The van der Waals surface area contributed by atoms with E-state index in [1.807, 2.05) is 60.7 Å². The number of rotatable bonds is 6. The first-order chi connectivity index (χ1) is 24.7. The number of allylic oxidation sites excluding steroid dienone is 1. The maximum absolute atomic E-state index is 14.0. The standard InChI is InChI=1S/C44H38N2O3S/c47-44(45-40-16-8-11-29-9-2-4-15-37(29)40)46(49-43-17-5-6-26-48-43)34-13-7-12-32(28-34)41-24-25-42(50-41)33-20-21-36-31(27-33)19-23-38-35-14-3-1-10-30(35)18-22-39(36)38/h1-4,7-16,19,23-25,27-28,43H,5-6,17-18,20-22,26H2,(H,45,47). The summed E-state index contributed by atoms with van der Waals surface area (Å²) in [5.41, 5.74) is 12.5. The Morgan fingerprint density at radius 1 is 0.760 bits per heavy atom. The molecule has 1 atom stereocenters. The maximum atomic E-state index is 14.0. The molecule has 0 saturated carbocycles. The highest BCUT2D eigenvalue weighted by atomic mass is 32.1. The molecule has 0 spiro atoms. The number of fused-ring (bicyclic) bond motifs is 6. The van der Waals surface area contributed by atoms with E-state index in [1.54, 1.807) is 11.3 Å². The highest BCUT2D eigenvalue weighted by Crippen LogP contribution is 2.43. The molecule has 2 aliphatic carbocycles. The first-order valence-electron chi connectivity index (χ1n) is 17.7. The van der Waals surface area contributed by atoms with Crippen LogP contribution in [0, 0.1) is 0 Å². The zero-order valence-corrected chi connectivity index (χ0v) is 28.7. The summed E-state index contributed by atoms with van der Waals surface area (Å²) in [5, 5.41) is 6.52. The zero-order chi connectivity index (χ0) is 33.4. The van der Waals surface area contributed by atoms with Gasteiger partial charge in [0.15, 0.2) is 6.29 Å². The fourth-order valence-corrected chi connectivity index (χ4v) is 8.79. The van der Waals surface area contributed by atoms with Gasteiger partial charge in [-0.15, -0.1) is 11.3 Å². The molecule has 1 unspecified atom stereocenters. The lowest BCUT2D eigenvalue weighted by atomic mass is 9.78. The van der Waals surface area contributed by atoms with Gasteiger partial charge in [0.2, 0.25) is 0 Å². The van der Waals surface area contributed by atoms with Crippen molar-refractivity contribution in [1.82, 2.24) is 0 Å². The summed E-state index contributed by atoms with van der Waals surface area (Å²) < 4.78 is 5.91. The van der Waals surface area contributed by atoms with Crippen molar-refractivity contribution < 1.29 is 14.4 Å². The van der Waals surface area contributed by atoms with Crippen LogP contribution in [0.2, 0.25) is 0 Å². The molecule has 5 aromatic carbocycles. The molecule has 6 aromatic rings. The summed E-state index contributed by atoms with van der Waals surface area (Å²) in [6, 6.07) is 39.6. The fourth-order valence-electron chi connectivity index (χ4n) is 7.74. The second kappa shape index (κ2) is 13.4. The van der Waals surface area contributed by atoms with Crippen LogP contribution in [0.15, 0.2) is 115 Å². The van der Waals surface area contributed by atoms with Crippen LogP contribution in [0.5, 0.6) is 0 Å². The highest BCUT2D eigenvalue weighted by Gasteiger charge is 2.26. The van der Waals surface area contributed by atoms with Gasteiger partial charge in [-0.05, 0) is 119 Å². The quantitative estimate of drug-likeness (QED) is 0.179. The number of thiophene rings is 1. The van der Waals surface area contributed by atoms with Gasteiger partial charge in [-0.2, -0.15) is 5.06 Å². The highest BCUT2D eigenvalue weighted by molar-refractivity contribution is 7.16. The fraction of sp³-hybridized carbons (Fsp3) is 0.205. The lowest BCUT2D eigenvalue weighted by molar-refractivity contribution is -0.162. The first kappa shape index (κ1) is 31.0. The molecule has 5 nitrogen and oxygen atoms in total. The van der Waals surface area contributed by atoms with E-state index in [-0.39, 0.29) is 6.03 Å². The van der Waals surface area contributed by atoms with Gasteiger partial charge < -0.3 is 10.1 Å². The van der Waals surface area contributed by atoms with Crippen LogP contribution >= 0.6 is 11.3 Å². The minimum atomic E-state index is -0.486. The van der Waals surface area contributed by atoms with Crippen LogP contribution in [0.1, 0.15) is 52.8 Å². The Labute approximate surface area is 296 Å². The molecule has 248 valence electrons. The molecule has 3 aliphatic rings. The molecule has 1 fully saturated rings. The predicted octanol–water partition coefficient (Wildman–Crippen LogP) is 11.3. The second-order valence-electron chi connectivity index (χ2n) is 13.4. The van der Waals surface area contributed by atoms with E-state index in [0.717, 1.165) is 71.8 Å². The van der Waals surface area contributed by atoms with Crippen molar-refractivity contribution >= 4 is 51.2 Å². The van der Waals surface area contributed by atoms with Crippen LogP contribution in [0.25, 0.3) is 44.0 Å². The van der Waals surface area contributed by atoms with Crippen LogP contribution in [-0.2, 0) is 28.8 Å². The summed E-state index contributed by atoms with van der Waals surface area (Å²) >= 11 is 1.80. The third kappa shape index (κ3) is 5.94. The molecule has 0 bridgehead atoms. The second-order valence-corrected chi connectivity index (χ2v) is 14.4. The van der Waals surface area contributed by atoms with Crippen molar-refractivity contribution in [1.29, 1.82) is 0 Å². The Morgan fingerprint density at radius 3 is 2.54 bits per heavy atom. The lowest BCUT2D eigenvalue weighted by Crippen LogP contribution is -2.40. The van der Waals surface area contributed by atoms with Crippen molar-refractivity contribution in [3.05, 3.63) is 142 Å². The number of nitrogens with zero attached hydrogens (tertiary/aromatic N) is 1. The molecule has 1 saturated heterocycles. The number of urea groups is 1. The number of ether oxygens (including phenoxy) is 1. The number of aryl methyl sites for hydroxylation is 1. The van der Waals surface area contributed by atoms with Crippen LogP contribution in [0.3, 0.4) is 0 Å². The molecular weight excluding hydrogens is 637 g/mol. The van der Waals surface area contributed by atoms with Gasteiger partial charge in [0.1, 0.15) is 0 Å². The van der Waals surface area contributed by atoms with Crippen LogP contribution in [-0.4, -0.2) is 18.9 Å². The van der Waals surface area contributed by atoms with E-state index in [4.69, 9.17) is 9.57 Å². The minimum Gasteiger partial charge on any atom is -0.350 e. The molecule has 50 heavy (non-hydrogen) atoms. The van der Waals surface area contributed by atoms with E-state index in [2.05, 4.69) is 66.0 Å². The van der Waals surface area contributed by atoms with Gasteiger partial charge in [-0.3, -0.25) is 0 Å². The average Bonchev–Trinajstić information content (AvgIpc) is 3.68. The number of carbonyl (C=O) groups excluding carboxylic acids is 1. The lowest BCUT2D eigenvalue weighted by Gasteiger charge is -2.29. The van der Waals surface area contributed by atoms with Crippen LogP contribution < -0.4 is 10.4 Å². The SMILES string of the molecule is O=C(Nc1cccc2ccccc12)N(OC1CCCCO1)c1cccc(-c2ccc(C3=Cc4ccc5c(c4CC3)CCc3ccccc3-5)s2)c1. The number of benzene rings is 5. The Balaban J connectivity index is 0.994. The maximum Gasteiger partial charge on any atom is 0.350 e. The molecule has 1 aromatic heterocycles. The summed E-state index contributed by atoms with van der Waals surface area (Å²) in [5.74, 6) is 0. The number of hydroxylamine groups is 1. The summed E-state index contributed by atoms with van der Waals surface area (Å²) in [4.78, 5) is 22.7. The Hall–Kier alpha value is -5.01. The number of amides is 2. The number of nitrogens with one attached hydrogen (secondary N) is 1. The number of hydrogen-bond acceptors (Lipinski definition) is 4. The Bertz CT molecular complexity index is 2260. The van der Waals surface area contributed by atoms with Crippen molar-refractivity contribution in [2.24, 2.45) is 0 Å². The molecule has 9 rings (SSSR count). The first-order valence-corrected chi connectivity index (χ1v) is 18.5. The molecule has 2 amide bonds. The molecule has 0 radical (unpaired) electrons. The summed E-state index contributed by atoms with van der Waals surface area (Å²) in [7, 11) is 0. The number of anilines is 2. The Morgan fingerprint density at radius 2 is 1.60 bits per heavy atom. The largest absolute Gasteiger partial charge is 0.350 e. The van der Waals surface area contributed by atoms with Gasteiger partial charge in [-0.25, -0.2) is 9.63 Å². The third-order valence-electron chi connectivity index (χ3n) is 10.3. The molecule has 6 heteroatoms. The monoisotopic (exact) mass is 674 g/mol. The van der Waals surface area contributed by atoms with E-state index in [1.165, 1.54) is 48.9 Å². The Kier molecular flexibility index (Phi) is 8.29. The normalized spacial score (nSPS) is 16.6. The average molecular weight is 675 g/mol. The van der Waals surface area contributed by atoms with E-state index in [0.29, 0.717) is 12.3 Å². The predicted molar refractivity (Wildman–Crippen MR) is 205 cm³/mol. The third-order valence-corrected chi connectivity index (χ3v) is 11.5. The van der Waals surface area contributed by atoms with E-state index >= 15 is 0 Å². The van der Waals surface area contributed by atoms with Crippen molar-refractivity contribution in [2.45, 2.75) is 51.2 Å². The topological polar surface area (TPSA) is 50.8 Å². The van der Waals surface area contributed by atoms with Crippen molar-refractivity contribution in [3.63, 3.8) is 0 Å². The summed E-state index contributed by atoms with van der Waals surface area (Å²) in [6.45, 7) is 0.623. The van der Waals surface area contributed by atoms with E-state index in [9.17, 15) is 4.79 Å². The number of hydrogen-bond donors (Lipinski definition) is 1. The van der Waals surface area contributed by atoms with Gasteiger partial charge in [0.25, 0.3) is 0 Å². The van der Waals surface area contributed by atoms with E-state index < -0.39 is 6.29 Å². The molecule has 2 heterocycles.